The summed E-state index contributed by atoms with van der Waals surface area (Å²) in [5.74, 6) is -1.89. The van der Waals surface area contributed by atoms with E-state index in [2.05, 4.69) is 4.98 Å². The maximum Gasteiger partial charge on any atom is 0.350 e. The number of anilines is 1. The Labute approximate surface area is 192 Å². The summed E-state index contributed by atoms with van der Waals surface area (Å²) in [4.78, 5) is 43.8. The predicted octanol–water partition coefficient (Wildman–Crippen LogP) is 3.86. The number of hydrogen-bond acceptors (Lipinski definition) is 9. The average Bonchev–Trinajstić information content (AvgIpc) is 3.53. The van der Waals surface area contributed by atoms with Gasteiger partial charge in [-0.15, -0.1) is 0 Å². The second kappa shape index (κ2) is 8.91. The van der Waals surface area contributed by atoms with Crippen LogP contribution in [0.15, 0.2) is 52.7 Å². The fourth-order valence-electron chi connectivity index (χ4n) is 3.54. The molecule has 1 saturated heterocycles. The SMILES string of the molecule is CCOc1ccc(/C(O)=C2\C(=O)C(=O)N(c3nc(C)c(C(=O)OC)s3)[C@@H]2c2ccco2)cc1. The molecule has 9 nitrogen and oxygen atoms in total. The van der Waals surface area contributed by atoms with E-state index >= 15 is 0 Å². The Balaban J connectivity index is 1.85. The summed E-state index contributed by atoms with van der Waals surface area (Å²) < 4.78 is 15.7. The summed E-state index contributed by atoms with van der Waals surface area (Å²) in [6.07, 6.45) is 1.40. The standard InChI is InChI=1S/C23H20N2O7S/c1-4-31-14-9-7-13(8-10-14)18(26)16-17(15-6-5-11-32-15)25(21(28)19(16)27)23-24-12(2)20(33-23)22(29)30-3/h5-11,17,26H,4H2,1-3H3/b18-16+/t17-/m1/s1. The van der Waals surface area contributed by atoms with Crippen LogP contribution in [0.4, 0.5) is 5.13 Å². The van der Waals surface area contributed by atoms with Crippen molar-refractivity contribution in [2.75, 3.05) is 18.6 Å². The number of aliphatic hydroxyl groups is 1. The quantitative estimate of drug-likeness (QED) is 0.251. The molecule has 0 radical (unpaired) electrons. The lowest BCUT2D eigenvalue weighted by Crippen LogP contribution is -2.29. The summed E-state index contributed by atoms with van der Waals surface area (Å²) in [5, 5.41) is 11.2. The van der Waals surface area contributed by atoms with Gasteiger partial charge in [-0.1, -0.05) is 11.3 Å². The second-order valence-corrected chi connectivity index (χ2v) is 8.02. The first-order chi connectivity index (χ1) is 15.9. The number of carbonyl (C=O) groups is 3. The number of ketones is 1. The Morgan fingerprint density at radius 2 is 1.97 bits per heavy atom. The third-order valence-electron chi connectivity index (χ3n) is 5.06. The van der Waals surface area contributed by atoms with Crippen LogP contribution in [0.25, 0.3) is 5.76 Å². The van der Waals surface area contributed by atoms with E-state index in [4.69, 9.17) is 13.9 Å². The van der Waals surface area contributed by atoms with Gasteiger partial charge in [-0.3, -0.25) is 14.5 Å². The molecule has 4 rings (SSSR count). The van der Waals surface area contributed by atoms with Gasteiger partial charge in [0.2, 0.25) is 0 Å². The van der Waals surface area contributed by atoms with E-state index in [1.165, 1.54) is 13.4 Å². The number of rotatable bonds is 6. The number of aliphatic hydroxyl groups excluding tert-OH is 1. The van der Waals surface area contributed by atoms with Crippen LogP contribution in [-0.2, 0) is 14.3 Å². The number of aryl methyl sites for hydroxylation is 1. The maximum absolute atomic E-state index is 13.1. The summed E-state index contributed by atoms with van der Waals surface area (Å²) in [7, 11) is 1.24. The van der Waals surface area contributed by atoms with E-state index < -0.39 is 23.7 Å². The van der Waals surface area contributed by atoms with Crippen LogP contribution in [0.5, 0.6) is 5.75 Å². The minimum absolute atomic E-state index is 0.113. The molecular weight excluding hydrogens is 448 g/mol. The van der Waals surface area contributed by atoms with Gasteiger partial charge in [0.15, 0.2) is 5.13 Å². The normalized spacial score (nSPS) is 17.4. The third kappa shape index (κ3) is 3.89. The maximum atomic E-state index is 13.1. The minimum atomic E-state index is -1.07. The van der Waals surface area contributed by atoms with Gasteiger partial charge < -0.3 is 19.0 Å². The Kier molecular flexibility index (Phi) is 6.01. The van der Waals surface area contributed by atoms with Crippen LogP contribution in [-0.4, -0.2) is 41.5 Å². The van der Waals surface area contributed by atoms with E-state index in [-0.39, 0.29) is 27.1 Å². The van der Waals surface area contributed by atoms with Crippen molar-refractivity contribution in [3.63, 3.8) is 0 Å². The minimum Gasteiger partial charge on any atom is -0.507 e. The first-order valence-corrected chi connectivity index (χ1v) is 10.8. The lowest BCUT2D eigenvalue weighted by atomic mass is 9.99. The number of ether oxygens (including phenoxy) is 2. The number of thiazole rings is 1. The van der Waals surface area contributed by atoms with E-state index in [1.807, 2.05) is 6.92 Å². The van der Waals surface area contributed by atoms with E-state index in [1.54, 1.807) is 43.3 Å². The molecule has 0 unspecified atom stereocenters. The summed E-state index contributed by atoms with van der Waals surface area (Å²) in [6, 6.07) is 8.64. The zero-order valence-corrected chi connectivity index (χ0v) is 18.8. The Hall–Kier alpha value is -3.92. The summed E-state index contributed by atoms with van der Waals surface area (Å²) >= 11 is 0.918. The number of Topliss-reactive ketones (excluding diaryl/α,β-unsaturated/α-hetero) is 1. The molecule has 33 heavy (non-hydrogen) atoms. The van der Waals surface area contributed by atoms with Crippen LogP contribution < -0.4 is 9.64 Å². The number of furan rings is 1. The molecule has 170 valence electrons. The van der Waals surface area contributed by atoms with Gasteiger partial charge in [0.1, 0.15) is 28.2 Å². The number of aromatic nitrogens is 1. The number of amides is 1. The van der Waals surface area contributed by atoms with E-state index in [9.17, 15) is 19.5 Å². The van der Waals surface area contributed by atoms with Crippen molar-refractivity contribution in [3.8, 4) is 5.75 Å². The summed E-state index contributed by atoms with van der Waals surface area (Å²) in [6.45, 7) is 3.94. The van der Waals surface area contributed by atoms with Crippen molar-refractivity contribution in [2.24, 2.45) is 0 Å². The van der Waals surface area contributed by atoms with Crippen molar-refractivity contribution in [1.82, 2.24) is 4.98 Å². The number of nitrogens with zero attached hydrogens (tertiary/aromatic N) is 2. The van der Waals surface area contributed by atoms with Crippen LogP contribution in [0.1, 0.15) is 39.7 Å². The van der Waals surface area contributed by atoms with Gasteiger partial charge in [-0.25, -0.2) is 9.78 Å². The first-order valence-electron chi connectivity index (χ1n) is 10.0. The molecule has 1 aromatic carbocycles. The molecule has 1 atom stereocenters. The molecule has 3 aromatic rings. The monoisotopic (exact) mass is 468 g/mol. The molecule has 1 fully saturated rings. The Morgan fingerprint density at radius 1 is 1.24 bits per heavy atom. The predicted molar refractivity (Wildman–Crippen MR) is 119 cm³/mol. The second-order valence-electron chi connectivity index (χ2n) is 7.04. The molecule has 3 heterocycles. The molecule has 1 aliphatic heterocycles. The molecule has 0 bridgehead atoms. The van der Waals surface area contributed by atoms with Gasteiger partial charge in [-0.2, -0.15) is 0 Å². The molecule has 2 aromatic heterocycles. The average molecular weight is 468 g/mol. The molecule has 1 N–H and O–H groups in total. The highest BCUT2D eigenvalue weighted by Crippen LogP contribution is 2.44. The lowest BCUT2D eigenvalue weighted by molar-refractivity contribution is -0.132. The lowest BCUT2D eigenvalue weighted by Gasteiger charge is -2.20. The van der Waals surface area contributed by atoms with Crippen molar-refractivity contribution in [2.45, 2.75) is 19.9 Å². The van der Waals surface area contributed by atoms with Crippen molar-refractivity contribution in [1.29, 1.82) is 0 Å². The smallest absolute Gasteiger partial charge is 0.350 e. The number of carbonyl (C=O) groups excluding carboxylic acids is 3. The third-order valence-corrected chi connectivity index (χ3v) is 6.19. The van der Waals surface area contributed by atoms with Crippen molar-refractivity contribution in [3.05, 3.63) is 70.1 Å². The molecule has 10 heteroatoms. The Bertz CT molecular complexity index is 1240. The topological polar surface area (TPSA) is 119 Å². The molecular formula is C23H20N2O7S. The number of hydrogen-bond donors (Lipinski definition) is 1. The van der Waals surface area contributed by atoms with Crippen LogP contribution in [0, 0.1) is 6.92 Å². The summed E-state index contributed by atoms with van der Waals surface area (Å²) in [5.41, 5.74) is 0.540. The highest BCUT2D eigenvalue weighted by molar-refractivity contribution is 7.17. The largest absolute Gasteiger partial charge is 0.507 e. The zero-order chi connectivity index (χ0) is 23.7. The molecule has 1 aliphatic rings. The van der Waals surface area contributed by atoms with Crippen LogP contribution in [0.2, 0.25) is 0 Å². The molecule has 1 amide bonds. The number of methoxy groups -OCH3 is 1. The van der Waals surface area contributed by atoms with Gasteiger partial charge in [0.25, 0.3) is 5.78 Å². The number of benzene rings is 1. The van der Waals surface area contributed by atoms with Crippen molar-refractivity contribution >= 4 is 39.9 Å². The van der Waals surface area contributed by atoms with Gasteiger partial charge >= 0.3 is 11.9 Å². The fraction of sp³-hybridized carbons (Fsp3) is 0.217. The first kappa shape index (κ1) is 22.3. The highest BCUT2D eigenvalue weighted by atomic mass is 32.1. The van der Waals surface area contributed by atoms with Crippen molar-refractivity contribution < 1.29 is 33.4 Å². The van der Waals surface area contributed by atoms with Gasteiger partial charge in [0.05, 0.1) is 31.2 Å². The number of esters is 1. The van der Waals surface area contributed by atoms with E-state index in [0.717, 1.165) is 16.2 Å². The highest BCUT2D eigenvalue weighted by Gasteiger charge is 2.49. The molecule has 0 saturated carbocycles. The zero-order valence-electron chi connectivity index (χ0n) is 18.0. The Morgan fingerprint density at radius 3 is 2.58 bits per heavy atom. The van der Waals surface area contributed by atoms with Gasteiger partial charge in [-0.05, 0) is 50.2 Å². The molecule has 0 spiro atoms. The van der Waals surface area contributed by atoms with Crippen LogP contribution in [0.3, 0.4) is 0 Å². The molecule has 0 aliphatic carbocycles. The van der Waals surface area contributed by atoms with Gasteiger partial charge in [0, 0.05) is 5.56 Å². The van der Waals surface area contributed by atoms with E-state index in [0.29, 0.717) is 23.6 Å². The van der Waals surface area contributed by atoms with Crippen LogP contribution >= 0.6 is 11.3 Å². The fourth-order valence-corrected chi connectivity index (χ4v) is 4.56.